The molecule has 1 aliphatic carbocycles. The van der Waals surface area contributed by atoms with E-state index in [1.165, 1.54) is 30.4 Å². The minimum Gasteiger partial charge on any atom is -0.113 e. The quantitative estimate of drug-likeness (QED) is 0.665. The summed E-state index contributed by atoms with van der Waals surface area (Å²) in [7, 11) is 0. The van der Waals surface area contributed by atoms with E-state index in [-0.39, 0.29) is 5.38 Å². The lowest BCUT2D eigenvalue weighted by atomic mass is 10.00. The van der Waals surface area contributed by atoms with E-state index >= 15 is 0 Å². The van der Waals surface area contributed by atoms with E-state index in [9.17, 15) is 0 Å². The van der Waals surface area contributed by atoms with Crippen LogP contribution >= 0.6 is 23.2 Å². The molecule has 2 aromatic rings. The van der Waals surface area contributed by atoms with Gasteiger partial charge in [0.25, 0.3) is 0 Å². The first-order chi connectivity index (χ1) is 8.75. The second-order valence-electron chi connectivity index (χ2n) is 4.77. The summed E-state index contributed by atoms with van der Waals surface area (Å²) in [6, 6.07) is 14.4. The molecule has 0 spiro atoms. The maximum Gasteiger partial charge on any atom is 0.0849 e. The van der Waals surface area contributed by atoms with Crippen molar-refractivity contribution in [2.75, 3.05) is 0 Å². The highest BCUT2D eigenvalue weighted by molar-refractivity contribution is 6.33. The molecule has 0 saturated carbocycles. The van der Waals surface area contributed by atoms with Crippen molar-refractivity contribution in [3.63, 3.8) is 0 Å². The fourth-order valence-corrected chi connectivity index (χ4v) is 3.24. The van der Waals surface area contributed by atoms with Crippen LogP contribution in [0, 0.1) is 0 Å². The molecule has 92 valence electrons. The van der Waals surface area contributed by atoms with Gasteiger partial charge in [0.2, 0.25) is 0 Å². The Morgan fingerprint density at radius 3 is 2.56 bits per heavy atom. The second kappa shape index (κ2) is 4.95. The Labute approximate surface area is 118 Å². The molecule has 1 atom stereocenters. The summed E-state index contributed by atoms with van der Waals surface area (Å²) in [5.41, 5.74) is 5.05. The van der Waals surface area contributed by atoms with E-state index in [1.807, 2.05) is 24.3 Å². The summed E-state index contributed by atoms with van der Waals surface area (Å²) in [6.07, 6.45) is 3.64. The molecule has 0 aromatic heterocycles. The van der Waals surface area contributed by atoms with Gasteiger partial charge in [-0.2, -0.15) is 0 Å². The lowest BCUT2D eigenvalue weighted by molar-refractivity contribution is 0.911. The lowest BCUT2D eigenvalue weighted by Crippen LogP contribution is -1.96. The largest absolute Gasteiger partial charge is 0.113 e. The number of aryl methyl sites for hydroxylation is 2. The van der Waals surface area contributed by atoms with Gasteiger partial charge < -0.3 is 0 Å². The summed E-state index contributed by atoms with van der Waals surface area (Å²) in [6.45, 7) is 0. The van der Waals surface area contributed by atoms with E-state index in [4.69, 9.17) is 23.2 Å². The van der Waals surface area contributed by atoms with Gasteiger partial charge in [-0.1, -0.05) is 48.0 Å². The molecule has 2 heteroatoms. The molecule has 0 N–H and O–H groups in total. The van der Waals surface area contributed by atoms with E-state index in [2.05, 4.69) is 18.2 Å². The number of benzene rings is 2. The smallest absolute Gasteiger partial charge is 0.0849 e. The number of rotatable bonds is 2. The topological polar surface area (TPSA) is 0 Å². The molecule has 0 radical (unpaired) electrons. The predicted octanol–water partition coefficient (Wildman–Crippen LogP) is 5.16. The van der Waals surface area contributed by atoms with Crippen molar-refractivity contribution in [1.82, 2.24) is 0 Å². The Morgan fingerprint density at radius 1 is 0.944 bits per heavy atom. The molecule has 0 bridgehead atoms. The van der Waals surface area contributed by atoms with Gasteiger partial charge in [0.1, 0.15) is 0 Å². The minimum atomic E-state index is -0.162. The summed E-state index contributed by atoms with van der Waals surface area (Å²) in [4.78, 5) is 0. The van der Waals surface area contributed by atoms with Gasteiger partial charge in [-0.05, 0) is 47.6 Å². The minimum absolute atomic E-state index is 0.162. The van der Waals surface area contributed by atoms with Gasteiger partial charge >= 0.3 is 0 Å². The van der Waals surface area contributed by atoms with Crippen LogP contribution in [0.15, 0.2) is 42.5 Å². The van der Waals surface area contributed by atoms with E-state index in [1.54, 1.807) is 0 Å². The first-order valence-corrected chi connectivity index (χ1v) is 7.07. The Bertz CT molecular complexity index is 575. The van der Waals surface area contributed by atoms with Crippen molar-refractivity contribution < 1.29 is 0 Å². The zero-order chi connectivity index (χ0) is 12.5. The van der Waals surface area contributed by atoms with Crippen LogP contribution in [0.25, 0.3) is 0 Å². The zero-order valence-electron chi connectivity index (χ0n) is 10.00. The van der Waals surface area contributed by atoms with Crippen LogP contribution in [0.4, 0.5) is 0 Å². The van der Waals surface area contributed by atoms with Crippen molar-refractivity contribution in [2.45, 2.75) is 24.6 Å². The molecular formula is C16H14Cl2. The normalized spacial score (nSPS) is 15.4. The van der Waals surface area contributed by atoms with Crippen LogP contribution in [-0.4, -0.2) is 0 Å². The van der Waals surface area contributed by atoms with E-state index in [0.717, 1.165) is 16.1 Å². The van der Waals surface area contributed by atoms with Crippen LogP contribution in [0.3, 0.4) is 0 Å². The molecule has 0 amide bonds. The number of hydrogen-bond donors (Lipinski definition) is 0. The van der Waals surface area contributed by atoms with E-state index in [0.29, 0.717) is 0 Å². The van der Waals surface area contributed by atoms with Gasteiger partial charge in [-0.3, -0.25) is 0 Å². The SMILES string of the molecule is Clc1ccccc1C(Cl)c1ccc2c(c1)CCC2. The molecular weight excluding hydrogens is 263 g/mol. The number of alkyl halides is 1. The van der Waals surface area contributed by atoms with Crippen LogP contribution in [0.1, 0.15) is 34.1 Å². The number of fused-ring (bicyclic) bond motifs is 1. The third kappa shape index (κ3) is 2.15. The third-order valence-electron chi connectivity index (χ3n) is 3.59. The molecule has 1 unspecified atom stereocenters. The van der Waals surface area contributed by atoms with Gasteiger partial charge in [-0.25, -0.2) is 0 Å². The molecule has 0 nitrogen and oxygen atoms in total. The highest BCUT2D eigenvalue weighted by atomic mass is 35.5. The summed E-state index contributed by atoms with van der Waals surface area (Å²) >= 11 is 12.8. The number of halogens is 2. The molecule has 0 fully saturated rings. The highest BCUT2D eigenvalue weighted by Crippen LogP contribution is 2.35. The van der Waals surface area contributed by atoms with Crippen LogP contribution in [0.5, 0.6) is 0 Å². The predicted molar refractivity (Wildman–Crippen MR) is 77.6 cm³/mol. The average Bonchev–Trinajstić information content (AvgIpc) is 2.85. The molecule has 0 heterocycles. The van der Waals surface area contributed by atoms with Gasteiger partial charge in [0, 0.05) is 5.02 Å². The molecule has 0 saturated heterocycles. The fourth-order valence-electron chi connectivity index (χ4n) is 2.61. The second-order valence-corrected chi connectivity index (χ2v) is 5.61. The fraction of sp³-hybridized carbons (Fsp3) is 0.250. The summed E-state index contributed by atoms with van der Waals surface area (Å²) in [5.74, 6) is 0. The first kappa shape index (κ1) is 12.1. The third-order valence-corrected chi connectivity index (χ3v) is 4.42. The Balaban J connectivity index is 1.98. The Kier molecular flexibility index (Phi) is 3.32. The molecule has 0 aliphatic heterocycles. The van der Waals surface area contributed by atoms with Gasteiger partial charge in [-0.15, -0.1) is 11.6 Å². The zero-order valence-corrected chi connectivity index (χ0v) is 11.5. The maximum absolute atomic E-state index is 6.55. The molecule has 18 heavy (non-hydrogen) atoms. The average molecular weight is 277 g/mol. The van der Waals surface area contributed by atoms with Crippen molar-refractivity contribution in [3.05, 3.63) is 69.7 Å². The van der Waals surface area contributed by atoms with Crippen LogP contribution < -0.4 is 0 Å². The summed E-state index contributed by atoms with van der Waals surface area (Å²) in [5, 5.41) is 0.572. The molecule has 3 rings (SSSR count). The van der Waals surface area contributed by atoms with Crippen molar-refractivity contribution in [3.8, 4) is 0 Å². The van der Waals surface area contributed by atoms with Gasteiger partial charge in [0.05, 0.1) is 5.38 Å². The Morgan fingerprint density at radius 2 is 1.72 bits per heavy atom. The van der Waals surface area contributed by atoms with Crippen molar-refractivity contribution in [1.29, 1.82) is 0 Å². The van der Waals surface area contributed by atoms with Crippen LogP contribution in [0.2, 0.25) is 5.02 Å². The standard InChI is InChI=1S/C16H14Cl2/c17-15-7-2-1-6-14(15)16(18)13-9-8-11-4-3-5-12(11)10-13/h1-2,6-10,16H,3-5H2. The number of hydrogen-bond acceptors (Lipinski definition) is 0. The van der Waals surface area contributed by atoms with E-state index < -0.39 is 0 Å². The maximum atomic E-state index is 6.55. The van der Waals surface area contributed by atoms with Crippen LogP contribution in [-0.2, 0) is 12.8 Å². The molecule has 2 aromatic carbocycles. The van der Waals surface area contributed by atoms with Crippen molar-refractivity contribution >= 4 is 23.2 Å². The monoisotopic (exact) mass is 276 g/mol. The first-order valence-electron chi connectivity index (χ1n) is 6.26. The highest BCUT2D eigenvalue weighted by Gasteiger charge is 2.17. The Hall–Kier alpha value is -0.980. The van der Waals surface area contributed by atoms with Gasteiger partial charge in [0.15, 0.2) is 0 Å². The van der Waals surface area contributed by atoms with Crippen molar-refractivity contribution in [2.24, 2.45) is 0 Å². The molecule has 1 aliphatic rings. The summed E-state index contributed by atoms with van der Waals surface area (Å²) < 4.78 is 0. The lowest BCUT2D eigenvalue weighted by Gasteiger charge is -2.13.